The summed E-state index contributed by atoms with van der Waals surface area (Å²) in [6.45, 7) is 6.37. The number of hydrogen-bond acceptors (Lipinski definition) is 4. The fourth-order valence-electron chi connectivity index (χ4n) is 1.43. The number of rotatable bonds is 8. The molecule has 1 unspecified atom stereocenters. The summed E-state index contributed by atoms with van der Waals surface area (Å²) in [5.41, 5.74) is 0. The zero-order chi connectivity index (χ0) is 11.8. The van der Waals surface area contributed by atoms with Crippen molar-refractivity contribution in [2.45, 2.75) is 39.2 Å². The summed E-state index contributed by atoms with van der Waals surface area (Å²) < 4.78 is 7.21. The van der Waals surface area contributed by atoms with Crippen molar-refractivity contribution in [2.75, 3.05) is 13.1 Å². The second-order valence-electron chi connectivity index (χ2n) is 4.02. The van der Waals surface area contributed by atoms with Gasteiger partial charge in [-0.3, -0.25) is 4.68 Å². The van der Waals surface area contributed by atoms with Crippen molar-refractivity contribution in [3.8, 4) is 6.01 Å². The number of nitrogens with zero attached hydrogens (tertiary/aromatic N) is 3. The third-order valence-corrected chi connectivity index (χ3v) is 2.28. The first-order valence-corrected chi connectivity index (χ1v) is 5.95. The summed E-state index contributed by atoms with van der Waals surface area (Å²) in [6, 6.07) is 0.469. The van der Waals surface area contributed by atoms with Crippen LogP contribution >= 0.6 is 0 Å². The zero-order valence-corrected chi connectivity index (χ0v) is 10.4. The summed E-state index contributed by atoms with van der Waals surface area (Å²) in [5.74, 6) is 0. The van der Waals surface area contributed by atoms with Gasteiger partial charge in [0.25, 0.3) is 0 Å². The number of aromatic nitrogens is 3. The van der Waals surface area contributed by atoms with Crippen molar-refractivity contribution in [2.24, 2.45) is 7.05 Å². The van der Waals surface area contributed by atoms with E-state index in [4.69, 9.17) is 4.74 Å². The SMILES string of the molecule is CCCNCCCC(C)Oc1ncn(C)n1. The first-order chi connectivity index (χ1) is 7.72. The molecule has 0 saturated heterocycles. The summed E-state index contributed by atoms with van der Waals surface area (Å²) in [5, 5.41) is 7.44. The van der Waals surface area contributed by atoms with Crippen molar-refractivity contribution < 1.29 is 4.74 Å². The van der Waals surface area contributed by atoms with E-state index >= 15 is 0 Å². The van der Waals surface area contributed by atoms with E-state index < -0.39 is 0 Å². The van der Waals surface area contributed by atoms with Gasteiger partial charge in [0.1, 0.15) is 6.33 Å². The van der Waals surface area contributed by atoms with Crippen LogP contribution in [-0.2, 0) is 7.05 Å². The molecule has 0 saturated carbocycles. The van der Waals surface area contributed by atoms with Gasteiger partial charge in [0.15, 0.2) is 0 Å². The molecule has 1 atom stereocenters. The highest BCUT2D eigenvalue weighted by atomic mass is 16.5. The Morgan fingerprint density at radius 1 is 1.50 bits per heavy atom. The van der Waals surface area contributed by atoms with Gasteiger partial charge in [-0.15, -0.1) is 5.10 Å². The maximum absolute atomic E-state index is 5.57. The van der Waals surface area contributed by atoms with E-state index in [9.17, 15) is 0 Å². The number of aryl methyl sites for hydroxylation is 1. The van der Waals surface area contributed by atoms with E-state index in [1.165, 1.54) is 6.42 Å². The normalized spacial score (nSPS) is 12.7. The maximum atomic E-state index is 5.57. The molecule has 0 bridgehead atoms. The van der Waals surface area contributed by atoms with Crippen molar-refractivity contribution in [3.63, 3.8) is 0 Å². The molecule has 0 spiro atoms. The largest absolute Gasteiger partial charge is 0.459 e. The van der Waals surface area contributed by atoms with E-state index in [0.717, 1.165) is 25.9 Å². The Balaban J connectivity index is 2.09. The van der Waals surface area contributed by atoms with Gasteiger partial charge in [-0.25, -0.2) is 0 Å². The Morgan fingerprint density at radius 2 is 2.31 bits per heavy atom. The lowest BCUT2D eigenvalue weighted by molar-refractivity contribution is 0.190. The van der Waals surface area contributed by atoms with Crippen LogP contribution in [0.1, 0.15) is 33.1 Å². The monoisotopic (exact) mass is 226 g/mol. The fraction of sp³-hybridized carbons (Fsp3) is 0.818. The molecule has 92 valence electrons. The molecular formula is C11H22N4O. The minimum absolute atomic E-state index is 0.172. The lowest BCUT2D eigenvalue weighted by Gasteiger charge is -2.11. The smallest absolute Gasteiger partial charge is 0.335 e. The van der Waals surface area contributed by atoms with Gasteiger partial charge >= 0.3 is 6.01 Å². The molecule has 0 amide bonds. The molecule has 0 aliphatic heterocycles. The van der Waals surface area contributed by atoms with E-state index in [2.05, 4.69) is 29.2 Å². The molecule has 0 aliphatic rings. The predicted molar refractivity (Wildman–Crippen MR) is 63.5 cm³/mol. The van der Waals surface area contributed by atoms with E-state index in [1.54, 1.807) is 11.0 Å². The third-order valence-electron chi connectivity index (χ3n) is 2.28. The fourth-order valence-corrected chi connectivity index (χ4v) is 1.43. The standard InChI is InChI=1S/C11H22N4O/c1-4-7-12-8-5-6-10(2)16-11-13-9-15(3)14-11/h9-10,12H,4-8H2,1-3H3. The van der Waals surface area contributed by atoms with Gasteiger partial charge in [-0.05, 0) is 39.3 Å². The molecule has 1 aromatic rings. The van der Waals surface area contributed by atoms with E-state index in [0.29, 0.717) is 6.01 Å². The summed E-state index contributed by atoms with van der Waals surface area (Å²) in [4.78, 5) is 4.03. The van der Waals surface area contributed by atoms with Gasteiger partial charge in [-0.1, -0.05) is 6.92 Å². The van der Waals surface area contributed by atoms with E-state index in [-0.39, 0.29) is 6.10 Å². The molecule has 1 N–H and O–H groups in total. The molecule has 5 nitrogen and oxygen atoms in total. The summed E-state index contributed by atoms with van der Waals surface area (Å²) in [7, 11) is 1.83. The second-order valence-corrected chi connectivity index (χ2v) is 4.02. The number of hydrogen-bond donors (Lipinski definition) is 1. The van der Waals surface area contributed by atoms with Crippen LogP contribution in [0.15, 0.2) is 6.33 Å². The molecule has 1 aromatic heterocycles. The summed E-state index contributed by atoms with van der Waals surface area (Å²) >= 11 is 0. The third kappa shape index (κ3) is 5.11. The topological polar surface area (TPSA) is 52.0 Å². The zero-order valence-electron chi connectivity index (χ0n) is 10.4. The molecule has 0 aliphatic carbocycles. The number of ether oxygens (including phenoxy) is 1. The van der Waals surface area contributed by atoms with Crippen LogP contribution in [0.3, 0.4) is 0 Å². The van der Waals surface area contributed by atoms with Crippen molar-refractivity contribution >= 4 is 0 Å². The molecule has 1 heterocycles. The Morgan fingerprint density at radius 3 is 2.94 bits per heavy atom. The predicted octanol–water partition coefficient (Wildman–Crippen LogP) is 1.36. The molecule has 0 aromatic carbocycles. The average molecular weight is 226 g/mol. The Labute approximate surface area is 97.2 Å². The quantitative estimate of drug-likeness (QED) is 0.680. The van der Waals surface area contributed by atoms with Gasteiger partial charge in [-0.2, -0.15) is 4.98 Å². The van der Waals surface area contributed by atoms with Crippen molar-refractivity contribution in [1.82, 2.24) is 20.1 Å². The highest BCUT2D eigenvalue weighted by molar-refractivity contribution is 4.87. The molecule has 0 radical (unpaired) electrons. The Kier molecular flexibility index (Phi) is 5.85. The van der Waals surface area contributed by atoms with Crippen LogP contribution in [0.5, 0.6) is 6.01 Å². The van der Waals surface area contributed by atoms with Gasteiger partial charge < -0.3 is 10.1 Å². The van der Waals surface area contributed by atoms with Crippen LogP contribution in [0.2, 0.25) is 0 Å². The first kappa shape index (κ1) is 13.0. The van der Waals surface area contributed by atoms with Gasteiger partial charge in [0, 0.05) is 7.05 Å². The lowest BCUT2D eigenvalue weighted by atomic mass is 10.2. The Bertz CT molecular complexity index is 287. The van der Waals surface area contributed by atoms with Crippen LogP contribution in [0.25, 0.3) is 0 Å². The lowest BCUT2D eigenvalue weighted by Crippen LogP contribution is -2.19. The van der Waals surface area contributed by atoms with Crippen LogP contribution in [-0.4, -0.2) is 34.0 Å². The highest BCUT2D eigenvalue weighted by Crippen LogP contribution is 2.06. The minimum Gasteiger partial charge on any atom is -0.459 e. The molecular weight excluding hydrogens is 204 g/mol. The highest BCUT2D eigenvalue weighted by Gasteiger charge is 2.06. The first-order valence-electron chi connectivity index (χ1n) is 5.95. The average Bonchev–Trinajstić information content (AvgIpc) is 2.63. The molecule has 0 fully saturated rings. The van der Waals surface area contributed by atoms with Crippen LogP contribution < -0.4 is 10.1 Å². The van der Waals surface area contributed by atoms with E-state index in [1.807, 2.05) is 7.05 Å². The van der Waals surface area contributed by atoms with Crippen LogP contribution in [0, 0.1) is 0 Å². The molecule has 16 heavy (non-hydrogen) atoms. The van der Waals surface area contributed by atoms with Crippen LogP contribution in [0.4, 0.5) is 0 Å². The number of nitrogens with one attached hydrogen (secondary N) is 1. The van der Waals surface area contributed by atoms with Gasteiger partial charge in [0.2, 0.25) is 0 Å². The maximum Gasteiger partial charge on any atom is 0.335 e. The molecule has 1 rings (SSSR count). The minimum atomic E-state index is 0.172. The van der Waals surface area contributed by atoms with Gasteiger partial charge in [0.05, 0.1) is 6.10 Å². The Hall–Kier alpha value is -1.10. The molecule has 5 heteroatoms. The van der Waals surface area contributed by atoms with Crippen molar-refractivity contribution in [3.05, 3.63) is 6.33 Å². The second kappa shape index (κ2) is 7.22. The van der Waals surface area contributed by atoms with Crippen molar-refractivity contribution in [1.29, 1.82) is 0 Å². The summed E-state index contributed by atoms with van der Waals surface area (Å²) in [6.07, 6.45) is 5.14.